The van der Waals surface area contributed by atoms with Gasteiger partial charge < -0.3 is 10.2 Å². The molecule has 30 heavy (non-hydrogen) atoms. The Morgan fingerprint density at radius 3 is 2.63 bits per heavy atom. The van der Waals surface area contributed by atoms with Crippen LogP contribution in [0.5, 0.6) is 0 Å². The van der Waals surface area contributed by atoms with Gasteiger partial charge in [-0.3, -0.25) is 4.79 Å². The summed E-state index contributed by atoms with van der Waals surface area (Å²) in [6.07, 6.45) is 0.625. The van der Waals surface area contributed by atoms with Gasteiger partial charge in [0.2, 0.25) is 5.91 Å². The van der Waals surface area contributed by atoms with E-state index in [-0.39, 0.29) is 11.8 Å². The second kappa shape index (κ2) is 9.20. The number of anilines is 1. The fourth-order valence-electron chi connectivity index (χ4n) is 3.47. The zero-order valence-corrected chi connectivity index (χ0v) is 18.4. The molecule has 1 heterocycles. The van der Waals surface area contributed by atoms with Gasteiger partial charge in [0.05, 0.1) is 15.6 Å². The molecule has 1 amide bonds. The van der Waals surface area contributed by atoms with Gasteiger partial charge >= 0.3 is 0 Å². The number of hydrogen-bond acceptors (Lipinski definition) is 3. The van der Waals surface area contributed by atoms with E-state index in [1.165, 1.54) is 12.1 Å². The second-order valence-electron chi connectivity index (χ2n) is 7.15. The third-order valence-electron chi connectivity index (χ3n) is 4.97. The van der Waals surface area contributed by atoms with Crippen LogP contribution in [0.15, 0.2) is 59.6 Å². The van der Waals surface area contributed by atoms with Crippen LogP contribution in [0, 0.1) is 11.7 Å². The van der Waals surface area contributed by atoms with Crippen molar-refractivity contribution in [3.8, 4) is 0 Å². The predicted octanol–water partition coefficient (Wildman–Crippen LogP) is 3.74. The van der Waals surface area contributed by atoms with E-state index in [0.717, 1.165) is 5.69 Å². The van der Waals surface area contributed by atoms with Gasteiger partial charge in [-0.25, -0.2) is 13.3 Å². The Morgan fingerprint density at radius 1 is 1.30 bits per heavy atom. The smallest absolute Gasteiger partial charge is 0.236 e. The summed E-state index contributed by atoms with van der Waals surface area (Å²) in [5, 5.41) is 3.44. The van der Waals surface area contributed by atoms with Crippen molar-refractivity contribution in [3.05, 3.63) is 71.1 Å². The summed E-state index contributed by atoms with van der Waals surface area (Å²) in [6, 6.07) is 11.3. The van der Waals surface area contributed by atoms with Crippen LogP contribution in [0.3, 0.4) is 0 Å². The minimum atomic E-state index is -2.54. The van der Waals surface area contributed by atoms with Gasteiger partial charge in [-0.15, -0.1) is 0 Å². The molecule has 3 rings (SSSR count). The lowest BCUT2D eigenvalue weighted by molar-refractivity contribution is -0.119. The Balaban J connectivity index is 1.64. The van der Waals surface area contributed by atoms with Crippen LogP contribution in [-0.2, 0) is 21.0 Å². The molecule has 0 spiro atoms. The van der Waals surface area contributed by atoms with E-state index < -0.39 is 15.5 Å². The molecule has 0 aromatic heterocycles. The van der Waals surface area contributed by atoms with Crippen molar-refractivity contribution in [3.63, 3.8) is 0 Å². The molecule has 1 saturated heterocycles. The third kappa shape index (κ3) is 5.03. The summed E-state index contributed by atoms with van der Waals surface area (Å²) < 4.78 is 28.9. The van der Waals surface area contributed by atoms with E-state index in [9.17, 15) is 13.4 Å². The summed E-state index contributed by atoms with van der Waals surface area (Å²) in [5.74, 6) is 2.92. The average Bonchev–Trinajstić information content (AvgIpc) is 3.07. The van der Waals surface area contributed by atoms with Crippen molar-refractivity contribution in [2.75, 3.05) is 18.0 Å². The number of nitrogens with one attached hydrogen (secondary N) is 2. The van der Waals surface area contributed by atoms with Crippen LogP contribution in [-0.4, -0.2) is 29.1 Å². The highest BCUT2D eigenvalue weighted by molar-refractivity contribution is 7.98. The molecule has 0 saturated carbocycles. The molecule has 1 aliphatic heterocycles. The lowest BCUT2D eigenvalue weighted by Crippen LogP contribution is -2.30. The van der Waals surface area contributed by atoms with E-state index in [1.807, 2.05) is 6.92 Å². The number of amides is 1. The maximum atomic E-state index is 13.5. The second-order valence-corrected chi connectivity index (χ2v) is 9.70. The molecule has 0 bridgehead atoms. The summed E-state index contributed by atoms with van der Waals surface area (Å²) in [4.78, 5) is 15.2. The highest BCUT2D eigenvalue weighted by Crippen LogP contribution is 2.29. The number of carbonyl (C=O) groups excluding carboxylic acids is 1. The van der Waals surface area contributed by atoms with Crippen LogP contribution in [0.25, 0.3) is 0 Å². The number of halogens is 2. The molecule has 2 atom stereocenters. The number of carbonyl (C=O) groups is 1. The van der Waals surface area contributed by atoms with Gasteiger partial charge in [-0.1, -0.05) is 25.1 Å². The van der Waals surface area contributed by atoms with Crippen molar-refractivity contribution in [2.45, 2.75) is 24.8 Å². The van der Waals surface area contributed by atoms with Crippen LogP contribution in [0.2, 0.25) is 5.02 Å². The molecule has 0 aliphatic carbocycles. The Labute approximate surface area is 182 Å². The van der Waals surface area contributed by atoms with E-state index in [2.05, 4.69) is 22.5 Å². The largest absolute Gasteiger partial charge is 0.384 e. The lowest BCUT2D eigenvalue weighted by Gasteiger charge is -2.19. The van der Waals surface area contributed by atoms with E-state index in [1.54, 1.807) is 35.2 Å². The number of hydrogen-bond donors (Lipinski definition) is 2. The molecule has 1 fully saturated rings. The van der Waals surface area contributed by atoms with Crippen molar-refractivity contribution in [2.24, 2.45) is 5.92 Å². The minimum absolute atomic E-state index is 0.0560. The van der Waals surface area contributed by atoms with Gasteiger partial charge in [-0.2, -0.15) is 0 Å². The Bertz CT molecular complexity index is 1030. The number of nitrogens with zero attached hydrogens (tertiary/aromatic N) is 1. The highest BCUT2D eigenvalue weighted by Gasteiger charge is 2.34. The van der Waals surface area contributed by atoms with Crippen LogP contribution in [0.1, 0.15) is 18.9 Å². The normalized spacial score (nSPS) is 18.3. The summed E-state index contributed by atoms with van der Waals surface area (Å²) >= 11 is 5.88. The molecular weight excluding hydrogens is 425 g/mol. The molecule has 5 nitrogen and oxygen atoms in total. The molecule has 160 valence electrons. The molecule has 1 aliphatic rings. The molecule has 2 unspecified atom stereocenters. The third-order valence-corrected chi connectivity index (χ3v) is 6.98. The average molecular weight is 450 g/mol. The molecule has 2 aromatic rings. The van der Waals surface area contributed by atoms with Crippen LogP contribution >= 0.6 is 11.6 Å². The minimum Gasteiger partial charge on any atom is -0.384 e. The van der Waals surface area contributed by atoms with Gasteiger partial charge in [0, 0.05) is 40.9 Å². The Hall–Kier alpha value is -2.35. The van der Waals surface area contributed by atoms with Gasteiger partial charge in [0.25, 0.3) is 0 Å². The molecule has 8 heteroatoms. The predicted molar refractivity (Wildman–Crippen MR) is 121 cm³/mol. The lowest BCUT2D eigenvalue weighted by atomic mass is 10.0. The summed E-state index contributed by atoms with van der Waals surface area (Å²) in [7, 11) is -2.54. The zero-order chi connectivity index (χ0) is 21.9. The number of rotatable bonds is 8. The highest BCUT2D eigenvalue weighted by atomic mass is 35.5. The van der Waals surface area contributed by atoms with E-state index in [0.29, 0.717) is 47.2 Å². The first-order valence-electron chi connectivity index (χ1n) is 9.62. The zero-order valence-electron chi connectivity index (χ0n) is 16.8. The SMILES string of the molecule is C=C(NCc1cc(F)cc(Cl)c1)C1CCN(c2ccc(S(=C)(=O)NCC)cc2)C1=O. The fraction of sp³-hybridized carbons (Fsp3) is 0.273. The van der Waals surface area contributed by atoms with E-state index >= 15 is 0 Å². The quantitative estimate of drug-likeness (QED) is 0.603. The van der Waals surface area contributed by atoms with Crippen LogP contribution < -0.4 is 14.9 Å². The summed E-state index contributed by atoms with van der Waals surface area (Å²) in [6.45, 7) is 7.31. The first-order valence-corrected chi connectivity index (χ1v) is 11.7. The van der Waals surface area contributed by atoms with E-state index in [4.69, 9.17) is 11.6 Å². The molecular formula is C22H25ClFN3O2S. The van der Waals surface area contributed by atoms with Crippen molar-refractivity contribution >= 4 is 38.8 Å². The summed E-state index contributed by atoms with van der Waals surface area (Å²) in [5.41, 5.74) is 2.01. The Kier molecular flexibility index (Phi) is 6.85. The van der Waals surface area contributed by atoms with Gasteiger partial charge in [0.15, 0.2) is 0 Å². The number of benzene rings is 2. The monoisotopic (exact) mass is 449 g/mol. The standard InChI is InChI=1S/C22H25ClFN3O2S/c1-4-26-30(3,29)20-7-5-19(6-8-20)27-10-9-21(22(27)28)15(2)25-14-16-11-17(23)13-18(24)12-16/h5-8,11-13,21,25H,2-4,9-10,14H2,1H3,(H,26,29). The molecule has 2 aromatic carbocycles. The first kappa shape index (κ1) is 22.3. The van der Waals surface area contributed by atoms with Crippen molar-refractivity contribution in [1.82, 2.24) is 10.0 Å². The fourth-order valence-corrected chi connectivity index (χ4v) is 4.93. The van der Waals surface area contributed by atoms with Crippen molar-refractivity contribution < 1.29 is 13.4 Å². The maximum Gasteiger partial charge on any atom is 0.236 e. The molecule has 2 N–H and O–H groups in total. The maximum absolute atomic E-state index is 13.5. The van der Waals surface area contributed by atoms with Gasteiger partial charge in [0.1, 0.15) is 5.82 Å². The van der Waals surface area contributed by atoms with Crippen LogP contribution in [0.4, 0.5) is 10.1 Å². The topological polar surface area (TPSA) is 61.4 Å². The van der Waals surface area contributed by atoms with Gasteiger partial charge in [-0.05, 0) is 60.3 Å². The van der Waals surface area contributed by atoms with Crippen molar-refractivity contribution in [1.29, 1.82) is 0 Å². The molecule has 0 radical (unpaired) electrons. The first-order chi connectivity index (χ1) is 14.2. The Morgan fingerprint density at radius 2 is 2.00 bits per heavy atom.